The van der Waals surface area contributed by atoms with Crippen molar-refractivity contribution in [3.8, 4) is 5.69 Å². The smallest absolute Gasteiger partial charge is 0.268 e. The molecule has 0 saturated carbocycles. The number of thiophene rings is 1. The van der Waals surface area contributed by atoms with Crippen LogP contribution >= 0.6 is 34.7 Å². The van der Waals surface area contributed by atoms with Gasteiger partial charge in [-0.1, -0.05) is 35.5 Å². The van der Waals surface area contributed by atoms with Crippen molar-refractivity contribution in [3.05, 3.63) is 85.7 Å². The van der Waals surface area contributed by atoms with E-state index in [4.69, 9.17) is 11.6 Å². The lowest BCUT2D eigenvalue weighted by Gasteiger charge is -2.21. The summed E-state index contributed by atoms with van der Waals surface area (Å²) in [4.78, 5) is 18.2. The number of thioether (sulfide) groups is 1. The summed E-state index contributed by atoms with van der Waals surface area (Å²) in [6.45, 7) is 1.72. The van der Waals surface area contributed by atoms with Crippen molar-refractivity contribution >= 4 is 50.7 Å². The molecule has 0 bridgehead atoms. The van der Waals surface area contributed by atoms with Crippen LogP contribution in [0.1, 0.15) is 16.0 Å². The highest BCUT2D eigenvalue weighted by Gasteiger charge is 2.26. The normalized spacial score (nSPS) is 14.2. The Morgan fingerprint density at radius 2 is 1.88 bits per heavy atom. The van der Waals surface area contributed by atoms with Gasteiger partial charge >= 0.3 is 0 Å². The number of likely N-dealkylation sites (N-methyl/N-ethyl adjacent to an activating group) is 1. The SMILES string of the molecule is CN1CCc2c(sc3c2c(=O)n(-c2ccc(Cl)cc2)c2nnc(SCc4ccc(F)cc4)n32)C1. The van der Waals surface area contributed by atoms with Crippen molar-refractivity contribution in [2.24, 2.45) is 0 Å². The summed E-state index contributed by atoms with van der Waals surface area (Å²) in [6.07, 6.45) is 0.827. The molecule has 0 aliphatic carbocycles. The summed E-state index contributed by atoms with van der Waals surface area (Å²) < 4.78 is 16.9. The van der Waals surface area contributed by atoms with Crippen LogP contribution in [-0.2, 0) is 18.7 Å². The van der Waals surface area contributed by atoms with Gasteiger partial charge in [0.25, 0.3) is 5.56 Å². The van der Waals surface area contributed by atoms with E-state index in [2.05, 4.69) is 22.1 Å². The number of hydrogen-bond acceptors (Lipinski definition) is 6. The quantitative estimate of drug-likeness (QED) is 0.312. The fourth-order valence-electron chi connectivity index (χ4n) is 4.33. The first-order valence-electron chi connectivity index (χ1n) is 10.8. The maximum absolute atomic E-state index is 13.9. The molecule has 1 aliphatic heterocycles. The van der Waals surface area contributed by atoms with Crippen LogP contribution in [0.25, 0.3) is 21.7 Å². The molecular formula is C24H19ClFN5OS2. The molecule has 6 rings (SSSR count). The van der Waals surface area contributed by atoms with Crippen molar-refractivity contribution in [3.63, 3.8) is 0 Å². The number of hydrogen-bond donors (Lipinski definition) is 0. The van der Waals surface area contributed by atoms with E-state index in [0.717, 1.165) is 40.9 Å². The Morgan fingerprint density at radius 1 is 1.12 bits per heavy atom. The molecule has 3 aromatic heterocycles. The van der Waals surface area contributed by atoms with Crippen LogP contribution in [0.15, 0.2) is 58.5 Å². The van der Waals surface area contributed by atoms with Crippen LogP contribution in [0.5, 0.6) is 0 Å². The van der Waals surface area contributed by atoms with Gasteiger partial charge in [0, 0.05) is 28.7 Å². The van der Waals surface area contributed by atoms with Crippen LogP contribution in [-0.4, -0.2) is 37.7 Å². The van der Waals surface area contributed by atoms with Crippen LogP contribution < -0.4 is 5.56 Å². The van der Waals surface area contributed by atoms with Gasteiger partial charge in [0.05, 0.1) is 11.1 Å². The molecule has 34 heavy (non-hydrogen) atoms. The average molecular weight is 512 g/mol. The Morgan fingerprint density at radius 3 is 2.65 bits per heavy atom. The highest BCUT2D eigenvalue weighted by molar-refractivity contribution is 7.98. The predicted molar refractivity (Wildman–Crippen MR) is 135 cm³/mol. The van der Waals surface area contributed by atoms with Gasteiger partial charge in [-0.25, -0.2) is 13.4 Å². The monoisotopic (exact) mass is 511 g/mol. The number of aromatic nitrogens is 4. The minimum absolute atomic E-state index is 0.0886. The van der Waals surface area contributed by atoms with Gasteiger partial charge < -0.3 is 4.90 Å². The fourth-order valence-corrected chi connectivity index (χ4v) is 6.82. The minimum atomic E-state index is -0.260. The Labute approximate surface area is 207 Å². The molecule has 6 nitrogen and oxygen atoms in total. The average Bonchev–Trinajstić information content (AvgIpc) is 3.41. The van der Waals surface area contributed by atoms with E-state index in [9.17, 15) is 9.18 Å². The molecule has 0 radical (unpaired) electrons. The molecule has 2 aromatic carbocycles. The zero-order chi connectivity index (χ0) is 23.4. The second-order valence-electron chi connectivity index (χ2n) is 8.32. The summed E-state index contributed by atoms with van der Waals surface area (Å²) in [6, 6.07) is 13.6. The second kappa shape index (κ2) is 8.49. The van der Waals surface area contributed by atoms with Gasteiger partial charge in [-0.15, -0.1) is 21.5 Å². The van der Waals surface area contributed by atoms with Crippen molar-refractivity contribution in [1.82, 2.24) is 24.1 Å². The summed E-state index contributed by atoms with van der Waals surface area (Å²) in [5.74, 6) is 0.814. The Bertz CT molecular complexity index is 1590. The first kappa shape index (κ1) is 21.8. The summed E-state index contributed by atoms with van der Waals surface area (Å²) in [5, 5.41) is 10.9. The van der Waals surface area contributed by atoms with Crippen molar-refractivity contribution < 1.29 is 4.39 Å². The lowest BCUT2D eigenvalue weighted by Crippen LogP contribution is -2.27. The van der Waals surface area contributed by atoms with E-state index < -0.39 is 0 Å². The number of fused-ring (bicyclic) bond motifs is 5. The van der Waals surface area contributed by atoms with Crippen LogP contribution in [0.3, 0.4) is 0 Å². The van der Waals surface area contributed by atoms with Gasteiger partial charge in [0.1, 0.15) is 10.6 Å². The standard InChI is InChI=1S/C24H19ClFN5OS2/c1-29-11-10-18-19(12-29)34-22-20(18)21(32)30(17-8-4-15(25)5-9-17)23-27-28-24(31(22)23)33-13-14-2-6-16(26)7-3-14/h2-9H,10-13H2,1H3. The highest BCUT2D eigenvalue weighted by Crippen LogP contribution is 2.36. The second-order valence-corrected chi connectivity index (χ2v) is 10.8. The number of nitrogens with zero attached hydrogens (tertiary/aromatic N) is 5. The lowest BCUT2D eigenvalue weighted by molar-refractivity contribution is 0.318. The largest absolute Gasteiger partial charge is 0.301 e. The van der Waals surface area contributed by atoms with E-state index in [0.29, 0.717) is 27.4 Å². The molecule has 1 aliphatic rings. The van der Waals surface area contributed by atoms with Gasteiger partial charge in [0.2, 0.25) is 5.78 Å². The molecule has 0 spiro atoms. The van der Waals surface area contributed by atoms with E-state index in [1.54, 1.807) is 40.2 Å². The number of benzene rings is 2. The fraction of sp³-hybridized carbons (Fsp3) is 0.208. The Kier molecular flexibility index (Phi) is 5.44. The first-order chi connectivity index (χ1) is 16.5. The summed E-state index contributed by atoms with van der Waals surface area (Å²) >= 11 is 9.26. The minimum Gasteiger partial charge on any atom is -0.301 e. The molecule has 0 N–H and O–H groups in total. The third-order valence-electron chi connectivity index (χ3n) is 6.03. The molecule has 172 valence electrons. The van der Waals surface area contributed by atoms with Gasteiger partial charge in [-0.3, -0.25) is 4.79 Å². The maximum Gasteiger partial charge on any atom is 0.268 e. The van der Waals surface area contributed by atoms with Gasteiger partial charge in [0.15, 0.2) is 5.16 Å². The van der Waals surface area contributed by atoms with Gasteiger partial charge in [-0.2, -0.15) is 0 Å². The predicted octanol–water partition coefficient (Wildman–Crippen LogP) is 5.17. The molecule has 0 unspecified atom stereocenters. The Hall–Kier alpha value is -2.72. The molecule has 0 amide bonds. The summed E-state index contributed by atoms with van der Waals surface area (Å²) in [5.41, 5.74) is 2.71. The number of halogens is 2. The van der Waals surface area contributed by atoms with Crippen LogP contribution in [0.2, 0.25) is 5.02 Å². The van der Waals surface area contributed by atoms with Crippen LogP contribution in [0.4, 0.5) is 4.39 Å². The van der Waals surface area contributed by atoms with E-state index in [1.165, 1.54) is 28.8 Å². The summed E-state index contributed by atoms with van der Waals surface area (Å²) in [7, 11) is 2.09. The van der Waals surface area contributed by atoms with Crippen molar-refractivity contribution in [2.45, 2.75) is 23.9 Å². The topological polar surface area (TPSA) is 55.4 Å². The third kappa shape index (κ3) is 3.63. The molecule has 4 heterocycles. The van der Waals surface area contributed by atoms with Crippen molar-refractivity contribution in [2.75, 3.05) is 13.6 Å². The zero-order valence-electron chi connectivity index (χ0n) is 18.2. The molecule has 5 aromatic rings. The molecule has 0 fully saturated rings. The maximum atomic E-state index is 13.9. The van der Waals surface area contributed by atoms with E-state index in [-0.39, 0.29) is 11.4 Å². The van der Waals surface area contributed by atoms with E-state index >= 15 is 0 Å². The van der Waals surface area contributed by atoms with E-state index in [1.807, 2.05) is 16.5 Å². The van der Waals surface area contributed by atoms with Crippen LogP contribution in [0, 0.1) is 5.82 Å². The highest BCUT2D eigenvalue weighted by atomic mass is 35.5. The first-order valence-corrected chi connectivity index (χ1v) is 12.9. The zero-order valence-corrected chi connectivity index (χ0v) is 20.6. The molecule has 0 atom stereocenters. The van der Waals surface area contributed by atoms with Crippen molar-refractivity contribution in [1.29, 1.82) is 0 Å². The lowest BCUT2D eigenvalue weighted by atomic mass is 10.1. The molecular weight excluding hydrogens is 493 g/mol. The van der Waals surface area contributed by atoms with Gasteiger partial charge in [-0.05, 0) is 61.0 Å². The number of rotatable bonds is 4. The molecule has 0 saturated heterocycles. The third-order valence-corrected chi connectivity index (χ3v) is 8.49. The molecule has 10 heteroatoms. The Balaban J connectivity index is 1.58.